The third-order valence-corrected chi connectivity index (χ3v) is 3.08. The molecule has 1 atom stereocenters. The Morgan fingerprint density at radius 3 is 2.55 bits per heavy atom. The van der Waals surface area contributed by atoms with Crippen molar-refractivity contribution in [2.45, 2.75) is 39.2 Å². The molecule has 0 heterocycles. The Morgan fingerprint density at radius 1 is 1.40 bits per heavy atom. The number of benzene rings is 1. The van der Waals surface area contributed by atoms with Gasteiger partial charge in [-0.15, -0.1) is 0 Å². The van der Waals surface area contributed by atoms with Gasteiger partial charge in [0.15, 0.2) is 0 Å². The fourth-order valence-corrected chi connectivity index (χ4v) is 2.08. The number of carboxylic acids is 1. The number of aliphatic hydroxyl groups is 1. The van der Waals surface area contributed by atoms with E-state index < -0.39 is 12.1 Å². The minimum absolute atomic E-state index is 0.0383. The molecule has 0 unspecified atom stereocenters. The quantitative estimate of drug-likeness (QED) is 0.783. The highest BCUT2D eigenvalue weighted by molar-refractivity contribution is 5.65. The second kappa shape index (κ2) is 7.14. The normalized spacial score (nSPS) is 12.4. The van der Waals surface area contributed by atoms with Gasteiger partial charge in [-0.1, -0.05) is 13.8 Å². The third kappa shape index (κ3) is 4.42. The molecule has 5 nitrogen and oxygen atoms in total. The highest BCUT2D eigenvalue weighted by atomic mass is 16.5. The number of methoxy groups -OCH3 is 1. The summed E-state index contributed by atoms with van der Waals surface area (Å²) in [5.41, 5.74) is 1.03. The van der Waals surface area contributed by atoms with Crippen LogP contribution >= 0.6 is 0 Å². The first-order chi connectivity index (χ1) is 9.35. The van der Waals surface area contributed by atoms with Crippen LogP contribution in [0, 0.1) is 5.92 Å². The molecule has 112 valence electrons. The van der Waals surface area contributed by atoms with Gasteiger partial charge in [-0.25, -0.2) is 0 Å². The number of phenols is 1. The van der Waals surface area contributed by atoms with Crippen LogP contribution in [0.1, 0.15) is 43.9 Å². The summed E-state index contributed by atoms with van der Waals surface area (Å²) in [7, 11) is 1.46. The maximum Gasteiger partial charge on any atom is 0.128 e. The summed E-state index contributed by atoms with van der Waals surface area (Å²) >= 11 is 0. The molecular formula is C15H21O5-. The molecule has 0 saturated carbocycles. The van der Waals surface area contributed by atoms with Crippen LogP contribution in [0.15, 0.2) is 12.1 Å². The molecule has 0 aromatic heterocycles. The summed E-state index contributed by atoms with van der Waals surface area (Å²) in [5, 5.41) is 30.6. The van der Waals surface area contributed by atoms with E-state index in [1.54, 1.807) is 6.07 Å². The molecular weight excluding hydrogens is 260 g/mol. The number of aliphatic hydroxyl groups excluding tert-OH is 1. The molecule has 0 aliphatic carbocycles. The molecule has 0 bridgehead atoms. The van der Waals surface area contributed by atoms with Crippen molar-refractivity contribution in [2.75, 3.05) is 7.11 Å². The van der Waals surface area contributed by atoms with Crippen LogP contribution in [0.2, 0.25) is 0 Å². The molecule has 0 spiro atoms. The first-order valence-corrected chi connectivity index (χ1v) is 6.62. The molecule has 0 fully saturated rings. The summed E-state index contributed by atoms with van der Waals surface area (Å²) in [4.78, 5) is 10.5. The van der Waals surface area contributed by atoms with E-state index >= 15 is 0 Å². The second-order valence-electron chi connectivity index (χ2n) is 5.24. The van der Waals surface area contributed by atoms with Crippen LogP contribution in [0.5, 0.6) is 11.5 Å². The summed E-state index contributed by atoms with van der Waals surface area (Å²) < 4.78 is 5.16. The molecule has 2 N–H and O–H groups in total. The van der Waals surface area contributed by atoms with Gasteiger partial charge < -0.3 is 24.9 Å². The zero-order valence-corrected chi connectivity index (χ0v) is 12.0. The van der Waals surface area contributed by atoms with Crippen molar-refractivity contribution in [3.63, 3.8) is 0 Å². The molecule has 1 aromatic rings. The Kier molecular flexibility index (Phi) is 5.82. The van der Waals surface area contributed by atoms with Gasteiger partial charge in [0, 0.05) is 17.6 Å². The lowest BCUT2D eigenvalue weighted by atomic mass is 9.95. The van der Waals surface area contributed by atoms with E-state index in [1.807, 2.05) is 13.8 Å². The predicted octanol–water partition coefficient (Wildman–Crippen LogP) is 1.16. The Bertz CT molecular complexity index is 468. The average Bonchev–Trinajstić information content (AvgIpc) is 2.35. The van der Waals surface area contributed by atoms with Gasteiger partial charge in [-0.2, -0.15) is 0 Å². The summed E-state index contributed by atoms with van der Waals surface area (Å²) in [6.45, 7) is 3.99. The van der Waals surface area contributed by atoms with Gasteiger partial charge >= 0.3 is 0 Å². The van der Waals surface area contributed by atoms with E-state index in [0.29, 0.717) is 29.2 Å². The van der Waals surface area contributed by atoms with Crippen LogP contribution < -0.4 is 9.84 Å². The van der Waals surface area contributed by atoms with Crippen LogP contribution in [-0.4, -0.2) is 23.3 Å². The number of carbonyl (C=O) groups is 1. The number of carbonyl (C=O) groups excluding carboxylic acids is 1. The number of rotatable bonds is 7. The van der Waals surface area contributed by atoms with Crippen molar-refractivity contribution in [1.82, 2.24) is 0 Å². The fraction of sp³-hybridized carbons (Fsp3) is 0.533. The van der Waals surface area contributed by atoms with Gasteiger partial charge in [0.05, 0.1) is 13.2 Å². The second-order valence-corrected chi connectivity index (χ2v) is 5.24. The maximum absolute atomic E-state index is 10.5. The molecule has 0 amide bonds. The van der Waals surface area contributed by atoms with Gasteiger partial charge in [0.25, 0.3) is 0 Å². The van der Waals surface area contributed by atoms with Crippen molar-refractivity contribution >= 4 is 5.97 Å². The van der Waals surface area contributed by atoms with Crippen molar-refractivity contribution in [3.05, 3.63) is 23.3 Å². The molecule has 20 heavy (non-hydrogen) atoms. The van der Waals surface area contributed by atoms with Crippen molar-refractivity contribution in [3.8, 4) is 11.5 Å². The smallest absolute Gasteiger partial charge is 0.128 e. The zero-order chi connectivity index (χ0) is 15.3. The van der Waals surface area contributed by atoms with Gasteiger partial charge in [0.2, 0.25) is 0 Å². The number of aromatic hydroxyl groups is 1. The van der Waals surface area contributed by atoms with Crippen LogP contribution in [-0.2, 0) is 11.2 Å². The zero-order valence-electron chi connectivity index (χ0n) is 12.0. The van der Waals surface area contributed by atoms with E-state index in [4.69, 9.17) is 4.74 Å². The Labute approximate surface area is 118 Å². The molecule has 0 saturated heterocycles. The topological polar surface area (TPSA) is 89.8 Å². The van der Waals surface area contributed by atoms with E-state index in [-0.39, 0.29) is 18.6 Å². The highest BCUT2D eigenvalue weighted by Gasteiger charge is 2.18. The number of phenolic OH excluding ortho intramolecular Hbond substituents is 1. The van der Waals surface area contributed by atoms with E-state index in [1.165, 1.54) is 13.2 Å². The van der Waals surface area contributed by atoms with Crippen LogP contribution in [0.3, 0.4) is 0 Å². The fourth-order valence-electron chi connectivity index (χ4n) is 2.08. The number of hydrogen-bond donors (Lipinski definition) is 2. The lowest BCUT2D eigenvalue weighted by Crippen LogP contribution is -2.22. The van der Waals surface area contributed by atoms with Crippen LogP contribution in [0.25, 0.3) is 0 Å². The molecule has 1 rings (SSSR count). The van der Waals surface area contributed by atoms with Crippen LogP contribution in [0.4, 0.5) is 0 Å². The molecule has 0 aliphatic rings. The summed E-state index contributed by atoms with van der Waals surface area (Å²) in [5.74, 6) is -0.517. The molecule has 5 heteroatoms. The number of hydrogen-bond acceptors (Lipinski definition) is 5. The molecule has 0 radical (unpaired) electrons. The average molecular weight is 281 g/mol. The minimum Gasteiger partial charge on any atom is -0.550 e. The number of aryl methyl sites for hydroxylation is 1. The van der Waals surface area contributed by atoms with E-state index in [9.17, 15) is 20.1 Å². The first kappa shape index (κ1) is 16.3. The largest absolute Gasteiger partial charge is 0.550 e. The maximum atomic E-state index is 10.5. The Hall–Kier alpha value is -1.75. The summed E-state index contributed by atoms with van der Waals surface area (Å²) in [6.07, 6.45) is -0.188. The van der Waals surface area contributed by atoms with Gasteiger partial charge in [0.1, 0.15) is 11.5 Å². The highest BCUT2D eigenvalue weighted by Crippen LogP contribution is 2.35. The van der Waals surface area contributed by atoms with Crippen molar-refractivity contribution in [2.24, 2.45) is 5.92 Å². The third-order valence-electron chi connectivity index (χ3n) is 3.08. The number of carboxylic acid groups (broad SMARTS) is 1. The lowest BCUT2D eigenvalue weighted by Gasteiger charge is -2.18. The SMILES string of the molecule is COc1cc(O)c(CCC(=O)[O-])cc1[C@@H](O)CC(C)C. The van der Waals surface area contributed by atoms with E-state index in [2.05, 4.69) is 0 Å². The Balaban J connectivity index is 3.07. The van der Waals surface area contributed by atoms with Crippen molar-refractivity contribution in [1.29, 1.82) is 0 Å². The van der Waals surface area contributed by atoms with Crippen molar-refractivity contribution < 1.29 is 24.9 Å². The first-order valence-electron chi connectivity index (χ1n) is 6.62. The monoisotopic (exact) mass is 281 g/mol. The Morgan fingerprint density at radius 2 is 2.05 bits per heavy atom. The van der Waals surface area contributed by atoms with E-state index in [0.717, 1.165) is 0 Å². The van der Waals surface area contributed by atoms with Gasteiger partial charge in [-0.05, 0) is 36.8 Å². The number of aliphatic carboxylic acids is 1. The molecule has 0 aliphatic heterocycles. The number of ether oxygens (including phenoxy) is 1. The molecule has 1 aromatic carbocycles. The minimum atomic E-state index is -1.18. The van der Waals surface area contributed by atoms with Gasteiger partial charge in [-0.3, -0.25) is 0 Å². The summed E-state index contributed by atoms with van der Waals surface area (Å²) in [6, 6.07) is 3.01. The standard InChI is InChI=1S/C15H22O5/c1-9(2)6-13(17)11-7-10(4-5-15(18)19)12(16)8-14(11)20-3/h7-9,13,16-17H,4-6H2,1-3H3,(H,18,19)/p-1/t13-/m0/s1. The lowest BCUT2D eigenvalue weighted by molar-refractivity contribution is -0.305. The predicted molar refractivity (Wildman–Crippen MR) is 72.4 cm³/mol.